The predicted octanol–water partition coefficient (Wildman–Crippen LogP) is 3.52. The number of aryl methyl sites for hydroxylation is 1. The van der Waals surface area contributed by atoms with Gasteiger partial charge in [-0.1, -0.05) is 39.7 Å². The monoisotopic (exact) mass is 463 g/mol. The van der Waals surface area contributed by atoms with Gasteiger partial charge in [0.1, 0.15) is 0 Å². The third-order valence-corrected chi connectivity index (χ3v) is 5.34. The average molecular weight is 465 g/mol. The lowest BCUT2D eigenvalue weighted by Gasteiger charge is -2.18. The van der Waals surface area contributed by atoms with Gasteiger partial charge in [-0.05, 0) is 42.8 Å². The van der Waals surface area contributed by atoms with Gasteiger partial charge in [-0.3, -0.25) is 14.4 Å². The third kappa shape index (κ3) is 4.72. The molecule has 1 aliphatic rings. The van der Waals surface area contributed by atoms with Crippen LogP contribution in [0.25, 0.3) is 0 Å². The van der Waals surface area contributed by atoms with Crippen molar-refractivity contribution in [2.75, 3.05) is 23.3 Å². The number of amides is 3. The number of anilines is 2. The first-order chi connectivity index (χ1) is 13.3. The molecule has 2 N–H and O–H groups in total. The van der Waals surface area contributed by atoms with E-state index in [0.29, 0.717) is 16.4 Å². The second-order valence-corrected chi connectivity index (χ2v) is 7.90. The minimum absolute atomic E-state index is 0.0878. The Labute approximate surface area is 176 Å². The van der Waals surface area contributed by atoms with Crippen LogP contribution in [0.5, 0.6) is 0 Å². The summed E-state index contributed by atoms with van der Waals surface area (Å²) in [6.07, 6.45) is 0.0878. The molecule has 1 fully saturated rings. The number of nitrogens with one attached hydrogen (secondary N) is 2. The van der Waals surface area contributed by atoms with Crippen molar-refractivity contribution in [3.8, 4) is 0 Å². The lowest BCUT2D eigenvalue weighted by Crippen LogP contribution is -2.38. The summed E-state index contributed by atoms with van der Waals surface area (Å²) >= 11 is 9.52. The summed E-state index contributed by atoms with van der Waals surface area (Å²) in [6.45, 7) is 1.96. The summed E-state index contributed by atoms with van der Waals surface area (Å²) < 4.78 is 0.922. The van der Waals surface area contributed by atoms with Gasteiger partial charge in [0.25, 0.3) is 0 Å². The number of nitrogens with zero attached hydrogens (tertiary/aromatic N) is 1. The van der Waals surface area contributed by atoms with Crippen molar-refractivity contribution < 1.29 is 14.4 Å². The first-order valence-corrected chi connectivity index (χ1v) is 9.91. The van der Waals surface area contributed by atoms with Crippen molar-refractivity contribution in [3.05, 3.63) is 57.5 Å². The second kappa shape index (κ2) is 8.75. The van der Waals surface area contributed by atoms with Crippen LogP contribution in [-0.2, 0) is 14.4 Å². The highest BCUT2D eigenvalue weighted by atomic mass is 79.9. The van der Waals surface area contributed by atoms with Crippen LogP contribution in [0, 0.1) is 12.8 Å². The normalized spacial score (nSPS) is 16.2. The van der Waals surface area contributed by atoms with Crippen molar-refractivity contribution in [3.63, 3.8) is 0 Å². The minimum Gasteiger partial charge on any atom is -0.347 e. The Bertz CT molecular complexity index is 935. The molecule has 2 aromatic rings. The Hall–Kier alpha value is -2.38. The zero-order valence-corrected chi connectivity index (χ0v) is 17.5. The summed E-state index contributed by atoms with van der Waals surface area (Å²) in [4.78, 5) is 38.3. The Morgan fingerprint density at radius 2 is 2.00 bits per heavy atom. The molecule has 1 aliphatic heterocycles. The second-order valence-electron chi connectivity index (χ2n) is 6.58. The highest BCUT2D eigenvalue weighted by Gasteiger charge is 2.35. The van der Waals surface area contributed by atoms with E-state index in [0.717, 1.165) is 10.0 Å². The number of benzene rings is 2. The molecule has 28 heavy (non-hydrogen) atoms. The SMILES string of the molecule is Cc1cc(Br)ccc1NC(=O)CNC(=O)C1CC(=O)N(c2ccccc2Cl)C1. The van der Waals surface area contributed by atoms with Crippen molar-refractivity contribution >= 4 is 56.6 Å². The van der Waals surface area contributed by atoms with Gasteiger partial charge in [0, 0.05) is 23.1 Å². The minimum atomic E-state index is -0.522. The van der Waals surface area contributed by atoms with E-state index >= 15 is 0 Å². The van der Waals surface area contributed by atoms with E-state index in [1.54, 1.807) is 30.3 Å². The highest BCUT2D eigenvalue weighted by Crippen LogP contribution is 2.31. The summed E-state index contributed by atoms with van der Waals surface area (Å²) in [7, 11) is 0. The Morgan fingerprint density at radius 1 is 1.25 bits per heavy atom. The van der Waals surface area contributed by atoms with Crippen LogP contribution in [0.15, 0.2) is 46.9 Å². The van der Waals surface area contributed by atoms with Crippen molar-refractivity contribution in [1.82, 2.24) is 5.32 Å². The lowest BCUT2D eigenvalue weighted by atomic mass is 10.1. The summed E-state index contributed by atoms with van der Waals surface area (Å²) in [5.41, 5.74) is 2.18. The highest BCUT2D eigenvalue weighted by molar-refractivity contribution is 9.10. The molecule has 1 atom stereocenters. The number of carbonyl (C=O) groups is 3. The van der Waals surface area contributed by atoms with Crippen molar-refractivity contribution in [1.29, 1.82) is 0 Å². The summed E-state index contributed by atoms with van der Waals surface area (Å²) in [5.74, 6) is -1.34. The van der Waals surface area contributed by atoms with Gasteiger partial charge in [-0.15, -0.1) is 0 Å². The summed E-state index contributed by atoms with van der Waals surface area (Å²) in [6, 6.07) is 12.5. The van der Waals surface area contributed by atoms with E-state index in [2.05, 4.69) is 26.6 Å². The van der Waals surface area contributed by atoms with Gasteiger partial charge >= 0.3 is 0 Å². The van der Waals surface area contributed by atoms with Crippen LogP contribution < -0.4 is 15.5 Å². The van der Waals surface area contributed by atoms with Crippen LogP contribution >= 0.6 is 27.5 Å². The largest absolute Gasteiger partial charge is 0.347 e. The zero-order valence-electron chi connectivity index (χ0n) is 15.2. The lowest BCUT2D eigenvalue weighted by molar-refractivity contribution is -0.127. The van der Waals surface area contributed by atoms with E-state index in [1.807, 2.05) is 19.1 Å². The molecule has 1 unspecified atom stereocenters. The molecule has 8 heteroatoms. The van der Waals surface area contributed by atoms with Crippen LogP contribution in [0.2, 0.25) is 5.02 Å². The zero-order chi connectivity index (χ0) is 20.3. The molecule has 0 radical (unpaired) electrons. The summed E-state index contributed by atoms with van der Waals surface area (Å²) in [5, 5.41) is 5.83. The van der Waals surface area contributed by atoms with Crippen molar-refractivity contribution in [2.24, 2.45) is 5.92 Å². The molecule has 146 valence electrons. The maximum atomic E-state index is 12.4. The molecule has 0 bridgehead atoms. The third-order valence-electron chi connectivity index (χ3n) is 4.52. The molecule has 3 rings (SSSR count). The maximum Gasteiger partial charge on any atom is 0.243 e. The molecular formula is C20H19BrClN3O3. The van der Waals surface area contributed by atoms with Gasteiger partial charge in [-0.2, -0.15) is 0 Å². The number of carbonyl (C=O) groups excluding carboxylic acids is 3. The molecule has 0 saturated carbocycles. The molecule has 1 heterocycles. The fourth-order valence-corrected chi connectivity index (χ4v) is 3.77. The van der Waals surface area contributed by atoms with Gasteiger partial charge in [0.15, 0.2) is 0 Å². The Balaban J connectivity index is 1.54. The predicted molar refractivity (Wildman–Crippen MR) is 112 cm³/mol. The molecule has 6 nitrogen and oxygen atoms in total. The number of halogens is 2. The molecular weight excluding hydrogens is 446 g/mol. The molecule has 0 aromatic heterocycles. The Kier molecular flexibility index (Phi) is 6.36. The van der Waals surface area contributed by atoms with E-state index in [-0.39, 0.29) is 37.2 Å². The van der Waals surface area contributed by atoms with Crippen molar-refractivity contribution in [2.45, 2.75) is 13.3 Å². The molecule has 1 saturated heterocycles. The van der Waals surface area contributed by atoms with Crippen LogP contribution in [-0.4, -0.2) is 30.8 Å². The fraction of sp³-hybridized carbons (Fsp3) is 0.250. The quantitative estimate of drug-likeness (QED) is 0.711. The van der Waals surface area contributed by atoms with Crippen LogP contribution in [0.1, 0.15) is 12.0 Å². The van der Waals surface area contributed by atoms with Gasteiger partial charge < -0.3 is 15.5 Å². The number of hydrogen-bond donors (Lipinski definition) is 2. The number of rotatable bonds is 5. The van der Waals surface area contributed by atoms with Gasteiger partial charge in [0.05, 0.1) is 23.2 Å². The molecule has 0 aliphatic carbocycles. The van der Waals surface area contributed by atoms with Crippen LogP contribution in [0.4, 0.5) is 11.4 Å². The standard InChI is InChI=1S/C20H19BrClN3O3/c1-12-8-14(21)6-7-16(12)24-18(26)10-23-20(28)13-9-19(27)25(11-13)17-5-3-2-4-15(17)22/h2-8,13H,9-11H2,1H3,(H,23,28)(H,24,26). The van der Waals surface area contributed by atoms with E-state index in [9.17, 15) is 14.4 Å². The number of para-hydroxylation sites is 1. The van der Waals surface area contributed by atoms with E-state index in [4.69, 9.17) is 11.6 Å². The molecule has 3 amide bonds. The van der Waals surface area contributed by atoms with Gasteiger partial charge in [0.2, 0.25) is 17.7 Å². The average Bonchev–Trinajstić information content (AvgIpc) is 3.04. The topological polar surface area (TPSA) is 78.5 Å². The first-order valence-electron chi connectivity index (χ1n) is 8.73. The Morgan fingerprint density at radius 3 is 2.71 bits per heavy atom. The number of hydrogen-bond acceptors (Lipinski definition) is 3. The van der Waals surface area contributed by atoms with Gasteiger partial charge in [-0.25, -0.2) is 0 Å². The smallest absolute Gasteiger partial charge is 0.243 e. The van der Waals surface area contributed by atoms with Crippen LogP contribution in [0.3, 0.4) is 0 Å². The maximum absolute atomic E-state index is 12.4. The molecule has 2 aromatic carbocycles. The first kappa shape index (κ1) is 20.4. The van der Waals surface area contributed by atoms with E-state index < -0.39 is 5.92 Å². The molecule has 0 spiro atoms. The fourth-order valence-electron chi connectivity index (χ4n) is 3.06. The van der Waals surface area contributed by atoms with E-state index in [1.165, 1.54) is 4.90 Å².